The van der Waals surface area contributed by atoms with Crippen LogP contribution in [0.1, 0.15) is 18.1 Å². The van der Waals surface area contributed by atoms with Crippen molar-refractivity contribution in [3.63, 3.8) is 0 Å². The summed E-state index contributed by atoms with van der Waals surface area (Å²) in [4.78, 5) is 26.6. The first-order valence-electron chi connectivity index (χ1n) is 8.66. The lowest BCUT2D eigenvalue weighted by molar-refractivity contribution is -0.132. The zero-order chi connectivity index (χ0) is 19.4. The molecule has 0 aliphatic carbocycles. The van der Waals surface area contributed by atoms with E-state index in [0.29, 0.717) is 29.3 Å². The Hall–Kier alpha value is -2.57. The standard InChI is InChI=1S/C20H21ClN2O4/c1-27-16-8-2-13(3-9-16)18(24)12-22-19(25)17-10-11-23(20(17)26)15-6-4-14(21)5-7-15/h2-9,17-18,24H,10-12H2,1H3,(H,22,25). The van der Waals surface area contributed by atoms with Crippen LogP contribution in [0.3, 0.4) is 0 Å². The second kappa shape index (κ2) is 8.41. The fourth-order valence-electron chi connectivity index (χ4n) is 3.06. The Balaban J connectivity index is 1.56. The van der Waals surface area contributed by atoms with Crippen molar-refractivity contribution in [2.75, 3.05) is 25.1 Å². The molecule has 1 fully saturated rings. The normalized spacial score (nSPS) is 17.7. The number of hydrogen-bond acceptors (Lipinski definition) is 4. The predicted octanol–water partition coefficient (Wildman–Crippen LogP) is 2.55. The molecule has 1 aliphatic rings. The number of hydrogen-bond donors (Lipinski definition) is 2. The van der Waals surface area contributed by atoms with E-state index in [1.807, 2.05) is 0 Å². The van der Waals surface area contributed by atoms with Gasteiger partial charge in [0.2, 0.25) is 11.8 Å². The highest BCUT2D eigenvalue weighted by molar-refractivity contribution is 6.30. The number of anilines is 1. The summed E-state index contributed by atoms with van der Waals surface area (Å²) in [5, 5.41) is 13.5. The maximum atomic E-state index is 12.6. The predicted molar refractivity (Wildman–Crippen MR) is 103 cm³/mol. The highest BCUT2D eigenvalue weighted by atomic mass is 35.5. The second-order valence-corrected chi connectivity index (χ2v) is 6.78. The van der Waals surface area contributed by atoms with Gasteiger partial charge in [0, 0.05) is 23.8 Å². The fourth-order valence-corrected chi connectivity index (χ4v) is 3.19. The molecule has 2 N–H and O–H groups in total. The van der Waals surface area contributed by atoms with Crippen molar-refractivity contribution in [1.82, 2.24) is 5.32 Å². The summed E-state index contributed by atoms with van der Waals surface area (Å²) in [5.74, 6) is -0.671. The average Bonchev–Trinajstić information content (AvgIpc) is 3.08. The monoisotopic (exact) mass is 388 g/mol. The van der Waals surface area contributed by atoms with E-state index in [1.165, 1.54) is 0 Å². The molecular formula is C20H21ClN2O4. The van der Waals surface area contributed by atoms with E-state index in [9.17, 15) is 14.7 Å². The van der Waals surface area contributed by atoms with Gasteiger partial charge < -0.3 is 20.1 Å². The number of amides is 2. The van der Waals surface area contributed by atoms with E-state index < -0.39 is 12.0 Å². The van der Waals surface area contributed by atoms with Crippen LogP contribution in [-0.4, -0.2) is 37.1 Å². The molecule has 2 unspecified atom stereocenters. The van der Waals surface area contributed by atoms with Gasteiger partial charge in [-0.3, -0.25) is 9.59 Å². The van der Waals surface area contributed by atoms with Crippen LogP contribution in [0.5, 0.6) is 5.75 Å². The summed E-state index contributed by atoms with van der Waals surface area (Å²) in [6, 6.07) is 13.9. The largest absolute Gasteiger partial charge is 0.497 e. The van der Waals surface area contributed by atoms with Crippen molar-refractivity contribution in [3.8, 4) is 5.75 Å². The van der Waals surface area contributed by atoms with E-state index in [-0.39, 0.29) is 18.4 Å². The minimum absolute atomic E-state index is 0.0376. The molecule has 0 saturated carbocycles. The lowest BCUT2D eigenvalue weighted by Gasteiger charge is -2.17. The first-order chi connectivity index (χ1) is 13.0. The molecule has 2 atom stereocenters. The number of ether oxygens (including phenoxy) is 1. The topological polar surface area (TPSA) is 78.9 Å². The molecule has 6 nitrogen and oxygen atoms in total. The van der Waals surface area contributed by atoms with Crippen LogP contribution in [0.4, 0.5) is 5.69 Å². The Kier molecular flexibility index (Phi) is 5.98. The Morgan fingerprint density at radius 2 is 1.93 bits per heavy atom. The Morgan fingerprint density at radius 1 is 1.26 bits per heavy atom. The van der Waals surface area contributed by atoms with Crippen molar-refractivity contribution in [2.45, 2.75) is 12.5 Å². The van der Waals surface area contributed by atoms with Gasteiger partial charge in [0.15, 0.2) is 0 Å². The molecule has 2 amide bonds. The Labute approximate surface area is 162 Å². The first kappa shape index (κ1) is 19.2. The van der Waals surface area contributed by atoms with Crippen LogP contribution in [0.2, 0.25) is 5.02 Å². The number of methoxy groups -OCH3 is 1. The van der Waals surface area contributed by atoms with Crippen LogP contribution in [0.15, 0.2) is 48.5 Å². The number of benzene rings is 2. The fraction of sp³-hybridized carbons (Fsp3) is 0.300. The van der Waals surface area contributed by atoms with Crippen LogP contribution >= 0.6 is 11.6 Å². The number of halogens is 1. The summed E-state index contributed by atoms with van der Waals surface area (Å²) in [7, 11) is 1.57. The van der Waals surface area contributed by atoms with E-state index >= 15 is 0 Å². The summed E-state index contributed by atoms with van der Waals surface area (Å²) >= 11 is 5.87. The smallest absolute Gasteiger partial charge is 0.239 e. The van der Waals surface area contributed by atoms with Gasteiger partial charge in [-0.1, -0.05) is 23.7 Å². The molecule has 0 aromatic heterocycles. The molecule has 1 saturated heterocycles. The van der Waals surface area contributed by atoms with Crippen LogP contribution in [0.25, 0.3) is 0 Å². The summed E-state index contributed by atoms with van der Waals surface area (Å²) in [5.41, 5.74) is 1.38. The molecule has 0 spiro atoms. The zero-order valence-corrected chi connectivity index (χ0v) is 15.6. The SMILES string of the molecule is COc1ccc(C(O)CNC(=O)C2CCN(c3ccc(Cl)cc3)C2=O)cc1. The minimum atomic E-state index is -0.858. The number of nitrogens with one attached hydrogen (secondary N) is 1. The highest BCUT2D eigenvalue weighted by Crippen LogP contribution is 2.26. The van der Waals surface area contributed by atoms with E-state index in [4.69, 9.17) is 16.3 Å². The molecular weight excluding hydrogens is 368 g/mol. The maximum Gasteiger partial charge on any atom is 0.239 e. The van der Waals surface area contributed by atoms with Gasteiger partial charge in [0.25, 0.3) is 0 Å². The quantitative estimate of drug-likeness (QED) is 0.745. The van der Waals surface area contributed by atoms with Gasteiger partial charge in [-0.05, 0) is 48.4 Å². The number of aliphatic hydroxyl groups is 1. The van der Waals surface area contributed by atoms with Crippen LogP contribution in [0, 0.1) is 5.92 Å². The van der Waals surface area contributed by atoms with Crippen molar-refractivity contribution < 1.29 is 19.4 Å². The van der Waals surface area contributed by atoms with E-state index in [1.54, 1.807) is 60.5 Å². The molecule has 142 valence electrons. The number of nitrogens with zero attached hydrogens (tertiary/aromatic N) is 1. The molecule has 0 radical (unpaired) electrons. The molecule has 7 heteroatoms. The van der Waals surface area contributed by atoms with Crippen molar-refractivity contribution in [2.24, 2.45) is 5.92 Å². The molecule has 1 heterocycles. The molecule has 2 aromatic carbocycles. The molecule has 0 bridgehead atoms. The maximum absolute atomic E-state index is 12.6. The van der Waals surface area contributed by atoms with Gasteiger partial charge >= 0.3 is 0 Å². The van der Waals surface area contributed by atoms with Crippen molar-refractivity contribution in [1.29, 1.82) is 0 Å². The van der Waals surface area contributed by atoms with Crippen LogP contribution < -0.4 is 15.0 Å². The third kappa shape index (κ3) is 4.40. The van der Waals surface area contributed by atoms with Crippen molar-refractivity contribution >= 4 is 29.1 Å². The summed E-state index contributed by atoms with van der Waals surface area (Å²) in [6.07, 6.45) is -0.421. The number of aliphatic hydroxyl groups excluding tert-OH is 1. The Bertz CT molecular complexity index is 808. The number of carbonyl (C=O) groups excluding carboxylic acids is 2. The van der Waals surface area contributed by atoms with E-state index in [2.05, 4.69) is 5.32 Å². The van der Waals surface area contributed by atoms with Gasteiger partial charge in [0.1, 0.15) is 11.7 Å². The third-order valence-electron chi connectivity index (χ3n) is 4.63. The summed E-state index contributed by atoms with van der Waals surface area (Å²) in [6.45, 7) is 0.509. The zero-order valence-electron chi connectivity index (χ0n) is 14.9. The van der Waals surface area contributed by atoms with Gasteiger partial charge in [-0.25, -0.2) is 0 Å². The minimum Gasteiger partial charge on any atom is -0.497 e. The molecule has 27 heavy (non-hydrogen) atoms. The van der Waals surface area contributed by atoms with E-state index in [0.717, 1.165) is 5.69 Å². The number of rotatable bonds is 6. The number of carbonyl (C=O) groups is 2. The van der Waals surface area contributed by atoms with Crippen LogP contribution in [-0.2, 0) is 9.59 Å². The Morgan fingerprint density at radius 3 is 2.56 bits per heavy atom. The van der Waals surface area contributed by atoms with Gasteiger partial charge in [-0.2, -0.15) is 0 Å². The van der Waals surface area contributed by atoms with Gasteiger partial charge in [-0.15, -0.1) is 0 Å². The van der Waals surface area contributed by atoms with Gasteiger partial charge in [0.05, 0.1) is 13.2 Å². The lowest BCUT2D eigenvalue weighted by atomic mass is 10.1. The summed E-state index contributed by atoms with van der Waals surface area (Å²) < 4.78 is 5.08. The molecule has 3 rings (SSSR count). The lowest BCUT2D eigenvalue weighted by Crippen LogP contribution is -2.38. The molecule has 1 aliphatic heterocycles. The van der Waals surface area contributed by atoms with Crippen molar-refractivity contribution in [3.05, 3.63) is 59.1 Å². The molecule has 2 aromatic rings. The third-order valence-corrected chi connectivity index (χ3v) is 4.88. The first-order valence-corrected chi connectivity index (χ1v) is 9.04. The highest BCUT2D eigenvalue weighted by Gasteiger charge is 2.37. The average molecular weight is 389 g/mol. The second-order valence-electron chi connectivity index (χ2n) is 6.34.